The standard InChI is InChI=1S/C76H98N2O7/c1-4-7-10-13-16-19-22-25-28-38-55-81-70-58-63(59-71(82-56-39-29-26-23-20-17-14-11-8-5-2)74(70)83-57-40-30-27-24-21-18-15-12-9-6-3)76(80)85-69-54-50-61-42-35-37-46-67(61)73(69)72-66-45-36-34-41-60(66)49-53-68(72)84-75(79)62-47-51-65(52-48-62)78-77-64-43-32-31-33-44-64/h31-37,41-54,58-59H,4-30,38-40,55-57H2,1-3H3. The van der Waals surface area contributed by atoms with E-state index < -0.39 is 11.9 Å². The van der Waals surface area contributed by atoms with Gasteiger partial charge in [-0.25, -0.2) is 9.59 Å². The summed E-state index contributed by atoms with van der Waals surface area (Å²) in [6, 6.07) is 43.4. The Morgan fingerprint density at radius 2 is 0.659 bits per heavy atom. The van der Waals surface area contributed by atoms with Crippen molar-refractivity contribution in [3.63, 3.8) is 0 Å². The molecule has 0 radical (unpaired) electrons. The molecular weight excluding hydrogens is 1050 g/mol. The first-order valence-corrected chi connectivity index (χ1v) is 33.1. The van der Waals surface area contributed by atoms with Crippen LogP contribution in [0.1, 0.15) is 234 Å². The molecule has 7 aromatic rings. The maximum absolute atomic E-state index is 15.1. The van der Waals surface area contributed by atoms with Gasteiger partial charge in [0.1, 0.15) is 11.5 Å². The fourth-order valence-electron chi connectivity index (χ4n) is 11.1. The molecule has 0 spiro atoms. The molecule has 0 bridgehead atoms. The smallest absolute Gasteiger partial charge is 0.343 e. The Labute approximate surface area is 509 Å². The number of rotatable bonds is 43. The minimum atomic E-state index is -0.575. The summed E-state index contributed by atoms with van der Waals surface area (Å²) in [6.07, 6.45) is 36.7. The van der Waals surface area contributed by atoms with Crippen LogP contribution in [0, 0.1) is 0 Å². The number of hydrogen-bond acceptors (Lipinski definition) is 9. The number of hydrogen-bond donors (Lipinski definition) is 0. The highest BCUT2D eigenvalue weighted by Crippen LogP contribution is 2.47. The molecule has 0 aliphatic heterocycles. The topological polar surface area (TPSA) is 105 Å². The zero-order valence-electron chi connectivity index (χ0n) is 51.9. The van der Waals surface area contributed by atoms with Crippen molar-refractivity contribution in [2.75, 3.05) is 19.8 Å². The molecule has 0 heterocycles. The molecule has 0 fully saturated rings. The zero-order chi connectivity index (χ0) is 59.4. The van der Waals surface area contributed by atoms with Crippen molar-refractivity contribution in [3.8, 4) is 39.9 Å². The third kappa shape index (κ3) is 22.4. The van der Waals surface area contributed by atoms with Crippen molar-refractivity contribution in [1.29, 1.82) is 0 Å². The molecule has 0 aromatic heterocycles. The van der Waals surface area contributed by atoms with Gasteiger partial charge in [0.05, 0.1) is 42.3 Å². The zero-order valence-corrected chi connectivity index (χ0v) is 51.9. The maximum atomic E-state index is 15.1. The van der Waals surface area contributed by atoms with Crippen molar-refractivity contribution in [1.82, 2.24) is 0 Å². The highest BCUT2D eigenvalue weighted by Gasteiger charge is 2.25. The Bertz CT molecular complexity index is 3010. The molecule has 9 nitrogen and oxygen atoms in total. The molecule has 0 unspecified atom stereocenters. The van der Waals surface area contributed by atoms with Gasteiger partial charge in [-0.1, -0.05) is 273 Å². The number of unbranched alkanes of at least 4 members (excludes halogenated alkanes) is 27. The van der Waals surface area contributed by atoms with Gasteiger partial charge in [0.25, 0.3) is 0 Å². The average molecular weight is 1150 g/mol. The minimum absolute atomic E-state index is 0.290. The van der Waals surface area contributed by atoms with Crippen LogP contribution in [0.2, 0.25) is 0 Å². The van der Waals surface area contributed by atoms with Gasteiger partial charge >= 0.3 is 11.9 Å². The average Bonchev–Trinajstić information content (AvgIpc) is 3.70. The molecule has 85 heavy (non-hydrogen) atoms. The summed E-state index contributed by atoms with van der Waals surface area (Å²) >= 11 is 0. The van der Waals surface area contributed by atoms with Crippen LogP contribution in [0.5, 0.6) is 28.7 Å². The monoisotopic (exact) mass is 1150 g/mol. The number of carbonyl (C=O) groups is 2. The molecule has 0 saturated heterocycles. The van der Waals surface area contributed by atoms with Gasteiger partial charge < -0.3 is 23.7 Å². The summed E-state index contributed by atoms with van der Waals surface area (Å²) in [5.74, 6) is 1.04. The molecule has 0 atom stereocenters. The molecule has 454 valence electrons. The minimum Gasteiger partial charge on any atom is -0.490 e. The van der Waals surface area contributed by atoms with Gasteiger partial charge in [-0.2, -0.15) is 10.2 Å². The largest absolute Gasteiger partial charge is 0.490 e. The summed E-state index contributed by atoms with van der Waals surface area (Å²) in [5, 5.41) is 12.2. The van der Waals surface area contributed by atoms with Crippen LogP contribution in [0.4, 0.5) is 11.4 Å². The van der Waals surface area contributed by atoms with Crippen LogP contribution in [0.25, 0.3) is 32.7 Å². The lowest BCUT2D eigenvalue weighted by Gasteiger charge is -2.20. The molecule has 0 aliphatic rings. The molecule has 7 rings (SSSR count). The summed E-state index contributed by atoms with van der Waals surface area (Å²) in [7, 11) is 0. The van der Waals surface area contributed by atoms with E-state index in [2.05, 4.69) is 31.0 Å². The van der Waals surface area contributed by atoms with Crippen LogP contribution in [-0.2, 0) is 0 Å². The van der Waals surface area contributed by atoms with Crippen LogP contribution < -0.4 is 23.7 Å². The summed E-state index contributed by atoms with van der Waals surface area (Å²) in [4.78, 5) is 29.3. The summed E-state index contributed by atoms with van der Waals surface area (Å²) < 4.78 is 33.2. The van der Waals surface area contributed by atoms with E-state index in [1.54, 1.807) is 36.4 Å². The van der Waals surface area contributed by atoms with E-state index in [9.17, 15) is 4.79 Å². The first-order valence-electron chi connectivity index (χ1n) is 33.1. The van der Waals surface area contributed by atoms with E-state index in [0.29, 0.717) is 70.9 Å². The molecule has 0 amide bonds. The van der Waals surface area contributed by atoms with Crippen molar-refractivity contribution >= 4 is 44.9 Å². The lowest BCUT2D eigenvalue weighted by molar-refractivity contribution is 0.0723. The van der Waals surface area contributed by atoms with E-state index in [0.717, 1.165) is 65.8 Å². The van der Waals surface area contributed by atoms with Crippen molar-refractivity contribution < 1.29 is 33.3 Å². The predicted octanol–water partition coefficient (Wildman–Crippen LogP) is 23.4. The van der Waals surface area contributed by atoms with Crippen molar-refractivity contribution in [3.05, 3.63) is 151 Å². The van der Waals surface area contributed by atoms with Crippen molar-refractivity contribution in [2.24, 2.45) is 10.2 Å². The number of esters is 2. The molecule has 0 saturated carbocycles. The number of ether oxygens (including phenoxy) is 5. The first-order chi connectivity index (χ1) is 42.0. The van der Waals surface area contributed by atoms with Gasteiger partial charge in [0.15, 0.2) is 11.5 Å². The highest BCUT2D eigenvalue weighted by molar-refractivity contribution is 6.11. The number of fused-ring (bicyclic) bond motifs is 2. The van der Waals surface area contributed by atoms with Crippen LogP contribution in [0.3, 0.4) is 0 Å². The lowest BCUT2D eigenvalue weighted by atomic mass is 9.92. The highest BCUT2D eigenvalue weighted by atomic mass is 16.6. The fourth-order valence-corrected chi connectivity index (χ4v) is 11.1. The van der Waals surface area contributed by atoms with Crippen LogP contribution >= 0.6 is 0 Å². The number of benzene rings is 7. The number of nitrogens with zero attached hydrogens (tertiary/aromatic N) is 2. The Balaban J connectivity index is 1.16. The van der Waals surface area contributed by atoms with Gasteiger partial charge in [-0.05, 0) is 101 Å². The second-order valence-corrected chi connectivity index (χ2v) is 23.1. The molecule has 0 N–H and O–H groups in total. The predicted molar refractivity (Wildman–Crippen MR) is 352 cm³/mol. The number of carbonyl (C=O) groups excluding carboxylic acids is 2. The molecule has 7 aromatic carbocycles. The normalized spacial score (nSPS) is 11.4. The third-order valence-corrected chi connectivity index (χ3v) is 16.1. The summed E-state index contributed by atoms with van der Waals surface area (Å²) in [6.45, 7) is 8.30. The summed E-state index contributed by atoms with van der Waals surface area (Å²) in [5.41, 5.74) is 3.20. The Kier molecular flexibility index (Phi) is 30.0. The second kappa shape index (κ2) is 38.8. The third-order valence-electron chi connectivity index (χ3n) is 16.1. The SMILES string of the molecule is CCCCCCCCCCCCOc1cc(C(=O)Oc2ccc3ccccc3c2-c2c(OC(=O)c3ccc(N=Nc4ccccc4)cc3)ccc3ccccc23)cc(OCCCCCCCCCCCC)c1OCCCCCCCCCCCC. The van der Waals surface area contributed by atoms with Gasteiger partial charge in [0, 0.05) is 11.1 Å². The Morgan fingerprint density at radius 3 is 1.07 bits per heavy atom. The van der Waals surface area contributed by atoms with E-state index in [1.807, 2.05) is 103 Å². The Hall–Kier alpha value is -7.00. The molecule has 9 heteroatoms. The van der Waals surface area contributed by atoms with Crippen LogP contribution in [0.15, 0.2) is 150 Å². The quantitative estimate of drug-likeness (QED) is 0.0162. The number of azo groups is 1. The second-order valence-electron chi connectivity index (χ2n) is 23.1. The van der Waals surface area contributed by atoms with E-state index in [4.69, 9.17) is 23.7 Å². The lowest BCUT2D eigenvalue weighted by Crippen LogP contribution is -2.13. The van der Waals surface area contributed by atoms with Gasteiger partial charge in [-0.3, -0.25) is 0 Å². The molecule has 0 aliphatic carbocycles. The maximum Gasteiger partial charge on any atom is 0.343 e. The van der Waals surface area contributed by atoms with Gasteiger partial charge in [-0.15, -0.1) is 0 Å². The van der Waals surface area contributed by atoms with E-state index in [1.165, 1.54) is 154 Å². The molecular formula is C76H98N2O7. The van der Waals surface area contributed by atoms with Gasteiger partial charge in [0.2, 0.25) is 5.75 Å². The Morgan fingerprint density at radius 1 is 0.318 bits per heavy atom. The first kappa shape index (κ1) is 65.5. The van der Waals surface area contributed by atoms with E-state index in [-0.39, 0.29) is 5.56 Å². The fraction of sp³-hybridized carbons (Fsp3) is 0.474. The van der Waals surface area contributed by atoms with Crippen LogP contribution in [-0.4, -0.2) is 31.8 Å². The van der Waals surface area contributed by atoms with Crippen molar-refractivity contribution in [2.45, 2.75) is 213 Å². The van der Waals surface area contributed by atoms with E-state index >= 15 is 4.79 Å².